The van der Waals surface area contributed by atoms with Crippen LogP contribution < -0.4 is 15.4 Å². The highest BCUT2D eigenvalue weighted by Gasteiger charge is 2.49. The van der Waals surface area contributed by atoms with E-state index in [0.29, 0.717) is 24.5 Å². The van der Waals surface area contributed by atoms with Crippen LogP contribution in [0.3, 0.4) is 0 Å². The Bertz CT molecular complexity index is 989. The maximum Gasteiger partial charge on any atom is 0.251 e. The molecule has 0 radical (unpaired) electrons. The maximum atomic E-state index is 12.9. The minimum absolute atomic E-state index is 0.0794. The number of benzene rings is 2. The average molecular weight is 422 g/mol. The topological polar surface area (TPSA) is 85.9 Å². The number of nitrogens with one attached hydrogen (secondary N) is 2. The van der Waals surface area contributed by atoms with Gasteiger partial charge in [0.15, 0.2) is 0 Å². The molecule has 1 unspecified atom stereocenters. The minimum atomic E-state index is -0.264. The van der Waals surface area contributed by atoms with Crippen LogP contribution in [0.5, 0.6) is 11.5 Å². The first-order valence-corrected chi connectivity index (χ1v) is 10.8. The number of hydrogen-bond donors (Lipinski definition) is 2. The quantitative estimate of drug-likeness (QED) is 0.747. The Hall–Kier alpha value is -2.90. The zero-order chi connectivity index (χ0) is 21.4. The van der Waals surface area contributed by atoms with Crippen molar-refractivity contribution in [2.75, 3.05) is 13.2 Å². The summed E-state index contributed by atoms with van der Waals surface area (Å²) in [6, 6.07) is 14.4. The van der Waals surface area contributed by atoms with E-state index in [2.05, 4.69) is 10.6 Å². The average Bonchev–Trinajstić information content (AvgIpc) is 3.43. The molecule has 2 amide bonds. The maximum absolute atomic E-state index is 12.9. The van der Waals surface area contributed by atoms with Gasteiger partial charge in [0.05, 0.1) is 25.3 Å². The van der Waals surface area contributed by atoms with Gasteiger partial charge in [-0.3, -0.25) is 9.59 Å². The molecule has 2 saturated heterocycles. The van der Waals surface area contributed by atoms with Gasteiger partial charge in [0.1, 0.15) is 23.7 Å². The molecule has 0 bridgehead atoms. The van der Waals surface area contributed by atoms with Crippen LogP contribution in [0, 0.1) is 12.8 Å². The Balaban J connectivity index is 1.20. The molecule has 2 N–H and O–H groups in total. The van der Waals surface area contributed by atoms with Crippen LogP contribution in [-0.2, 0) is 14.3 Å². The predicted molar refractivity (Wildman–Crippen MR) is 113 cm³/mol. The normalized spacial score (nSPS) is 26.9. The van der Waals surface area contributed by atoms with E-state index in [1.54, 1.807) is 18.2 Å². The molecule has 0 spiro atoms. The van der Waals surface area contributed by atoms with Crippen molar-refractivity contribution in [2.45, 2.75) is 44.1 Å². The Morgan fingerprint density at radius 1 is 0.903 bits per heavy atom. The van der Waals surface area contributed by atoms with Gasteiger partial charge < -0.3 is 24.8 Å². The van der Waals surface area contributed by atoms with Crippen LogP contribution in [0.4, 0.5) is 0 Å². The monoisotopic (exact) mass is 422 g/mol. The van der Waals surface area contributed by atoms with E-state index in [1.165, 1.54) is 0 Å². The summed E-state index contributed by atoms with van der Waals surface area (Å²) in [5.41, 5.74) is 1.61. The minimum Gasteiger partial charge on any atom is -0.457 e. The predicted octanol–water partition coefficient (Wildman–Crippen LogP) is 2.58. The van der Waals surface area contributed by atoms with Gasteiger partial charge in [-0.25, -0.2) is 0 Å². The van der Waals surface area contributed by atoms with Crippen LogP contribution in [-0.4, -0.2) is 49.3 Å². The van der Waals surface area contributed by atoms with E-state index >= 15 is 0 Å². The number of aryl methyl sites for hydroxylation is 1. The fourth-order valence-electron chi connectivity index (χ4n) is 4.16. The van der Waals surface area contributed by atoms with Crippen molar-refractivity contribution in [3.8, 4) is 11.5 Å². The molecule has 1 aliphatic carbocycles. The molecule has 5 rings (SSSR count). The van der Waals surface area contributed by atoms with Crippen molar-refractivity contribution in [1.29, 1.82) is 0 Å². The summed E-state index contributed by atoms with van der Waals surface area (Å²) in [4.78, 5) is 24.9. The van der Waals surface area contributed by atoms with E-state index in [0.717, 1.165) is 24.2 Å². The van der Waals surface area contributed by atoms with Crippen LogP contribution >= 0.6 is 0 Å². The molecule has 7 nitrogen and oxygen atoms in total. The third-order valence-electron chi connectivity index (χ3n) is 5.97. The van der Waals surface area contributed by atoms with E-state index < -0.39 is 0 Å². The molecule has 0 aromatic heterocycles. The third kappa shape index (κ3) is 4.43. The summed E-state index contributed by atoms with van der Waals surface area (Å²) in [7, 11) is 0. The van der Waals surface area contributed by atoms with Crippen molar-refractivity contribution in [1.82, 2.24) is 10.6 Å². The summed E-state index contributed by atoms with van der Waals surface area (Å²) in [6.07, 6.45) is 1.42. The zero-order valence-electron chi connectivity index (χ0n) is 17.4. The van der Waals surface area contributed by atoms with Gasteiger partial charge in [-0.1, -0.05) is 18.2 Å². The van der Waals surface area contributed by atoms with Gasteiger partial charge in [0.2, 0.25) is 5.91 Å². The zero-order valence-corrected chi connectivity index (χ0v) is 17.4. The molecule has 2 aromatic carbocycles. The lowest BCUT2D eigenvalue weighted by molar-refractivity contribution is -0.123. The van der Waals surface area contributed by atoms with Gasteiger partial charge >= 0.3 is 0 Å². The first-order valence-electron chi connectivity index (χ1n) is 10.8. The fraction of sp³-hybridized carbons (Fsp3) is 0.417. The highest BCUT2D eigenvalue weighted by molar-refractivity contribution is 5.94. The first kappa shape index (κ1) is 20.0. The van der Waals surface area contributed by atoms with Crippen molar-refractivity contribution in [3.05, 3.63) is 59.7 Å². The van der Waals surface area contributed by atoms with Crippen molar-refractivity contribution in [2.24, 2.45) is 5.92 Å². The number of amides is 2. The molecule has 162 valence electrons. The molecule has 7 heteroatoms. The molecule has 3 fully saturated rings. The first-order chi connectivity index (χ1) is 15.1. The van der Waals surface area contributed by atoms with E-state index in [9.17, 15) is 9.59 Å². The Morgan fingerprint density at radius 2 is 1.55 bits per heavy atom. The van der Waals surface area contributed by atoms with E-state index in [-0.39, 0.29) is 42.0 Å². The number of ether oxygens (including phenoxy) is 3. The molecule has 31 heavy (non-hydrogen) atoms. The van der Waals surface area contributed by atoms with Crippen LogP contribution in [0.2, 0.25) is 0 Å². The number of rotatable bonds is 6. The highest BCUT2D eigenvalue weighted by Crippen LogP contribution is 2.31. The standard InChI is InChI=1S/C24H26N2O5/c1-14-4-2-6-17(10-14)31-18-7-3-5-16(11-18)24(28)26-20-13-30-21-19(12-29-22(20)21)25-23(27)15-8-9-15/h2-7,10-11,15,19-22H,8-9,12-13H2,1H3,(H,25,27)(H,26,28)/t19-,20?,21+,22+/m0/s1. The smallest absolute Gasteiger partial charge is 0.251 e. The molecule has 2 aliphatic heterocycles. The van der Waals surface area contributed by atoms with Crippen molar-refractivity contribution >= 4 is 11.8 Å². The Kier molecular flexibility index (Phi) is 5.38. The molecule has 2 aromatic rings. The largest absolute Gasteiger partial charge is 0.457 e. The number of carbonyl (C=O) groups is 2. The molecular formula is C24H26N2O5. The summed E-state index contributed by atoms with van der Waals surface area (Å²) in [5, 5.41) is 6.05. The van der Waals surface area contributed by atoms with Gasteiger partial charge in [-0.15, -0.1) is 0 Å². The van der Waals surface area contributed by atoms with Crippen LogP contribution in [0.1, 0.15) is 28.8 Å². The van der Waals surface area contributed by atoms with Crippen molar-refractivity contribution in [3.63, 3.8) is 0 Å². The highest BCUT2D eigenvalue weighted by atomic mass is 16.6. The van der Waals surface area contributed by atoms with Gasteiger partial charge in [0, 0.05) is 11.5 Å². The van der Waals surface area contributed by atoms with Gasteiger partial charge in [0.25, 0.3) is 5.91 Å². The fourth-order valence-corrected chi connectivity index (χ4v) is 4.16. The number of carbonyl (C=O) groups excluding carboxylic acids is 2. The lowest BCUT2D eigenvalue weighted by Gasteiger charge is -2.18. The second-order valence-corrected chi connectivity index (χ2v) is 8.51. The summed E-state index contributed by atoms with van der Waals surface area (Å²) < 4.78 is 17.6. The van der Waals surface area contributed by atoms with Gasteiger partial charge in [-0.05, 0) is 55.7 Å². The van der Waals surface area contributed by atoms with Crippen LogP contribution in [0.25, 0.3) is 0 Å². The molecule has 2 heterocycles. The number of fused-ring (bicyclic) bond motifs is 1. The molecule has 1 saturated carbocycles. The summed E-state index contributed by atoms with van der Waals surface area (Å²) >= 11 is 0. The SMILES string of the molecule is Cc1cccc(Oc2cccc(C(=O)NC3CO[C@@H]4[C@@H](NC(=O)C5CC5)CO[C@H]34)c2)c1. The Morgan fingerprint density at radius 3 is 2.23 bits per heavy atom. The molecule has 4 atom stereocenters. The molecule has 3 aliphatic rings. The van der Waals surface area contributed by atoms with E-state index in [4.69, 9.17) is 14.2 Å². The third-order valence-corrected chi connectivity index (χ3v) is 5.97. The van der Waals surface area contributed by atoms with Crippen LogP contribution in [0.15, 0.2) is 48.5 Å². The van der Waals surface area contributed by atoms with E-state index in [1.807, 2.05) is 37.3 Å². The second kappa shape index (κ2) is 8.32. The summed E-state index contributed by atoms with van der Waals surface area (Å²) in [5.74, 6) is 1.33. The lowest BCUT2D eigenvalue weighted by atomic mass is 10.1. The Labute approximate surface area is 181 Å². The lowest BCUT2D eigenvalue weighted by Crippen LogP contribution is -2.47. The van der Waals surface area contributed by atoms with Gasteiger partial charge in [-0.2, -0.15) is 0 Å². The second-order valence-electron chi connectivity index (χ2n) is 8.51. The van der Waals surface area contributed by atoms with Crippen molar-refractivity contribution < 1.29 is 23.8 Å². The summed E-state index contributed by atoms with van der Waals surface area (Å²) in [6.45, 7) is 2.76. The molecular weight excluding hydrogens is 396 g/mol. The number of hydrogen-bond acceptors (Lipinski definition) is 5.